The van der Waals surface area contributed by atoms with E-state index in [4.69, 9.17) is 4.74 Å². The standard InChI is InChI=1S/C20H21N3O4/c1-22-16(8-5-9-18(22)24)20(26)23-11-14-10-15(17(12-23)27-14)19(25)21-13-6-3-2-4-7-13/h2-9,14-15,17H,10-12H2,1H3,(H,21,25). The maximum absolute atomic E-state index is 12.9. The van der Waals surface area contributed by atoms with Crippen molar-refractivity contribution < 1.29 is 14.3 Å². The minimum absolute atomic E-state index is 0.0879. The number of rotatable bonds is 3. The van der Waals surface area contributed by atoms with Crippen LogP contribution in [0.2, 0.25) is 0 Å². The predicted octanol–water partition coefficient (Wildman–Crippen LogP) is 1.25. The Bertz CT molecular complexity index is 924. The van der Waals surface area contributed by atoms with Crippen molar-refractivity contribution >= 4 is 17.5 Å². The molecule has 2 aromatic rings. The molecule has 0 aliphatic carbocycles. The molecule has 0 spiro atoms. The third-order valence-corrected chi connectivity index (χ3v) is 5.23. The van der Waals surface area contributed by atoms with Crippen LogP contribution in [0, 0.1) is 5.92 Å². The summed E-state index contributed by atoms with van der Waals surface area (Å²) in [7, 11) is 1.58. The molecule has 27 heavy (non-hydrogen) atoms. The zero-order valence-corrected chi connectivity index (χ0v) is 15.0. The van der Waals surface area contributed by atoms with Crippen LogP contribution in [0.25, 0.3) is 0 Å². The van der Waals surface area contributed by atoms with E-state index in [2.05, 4.69) is 5.32 Å². The molecule has 7 nitrogen and oxygen atoms in total. The van der Waals surface area contributed by atoms with Gasteiger partial charge in [0, 0.05) is 31.9 Å². The van der Waals surface area contributed by atoms with E-state index in [1.165, 1.54) is 10.6 Å². The summed E-state index contributed by atoms with van der Waals surface area (Å²) < 4.78 is 7.26. The van der Waals surface area contributed by atoms with Crippen LogP contribution in [0.5, 0.6) is 0 Å². The molecular formula is C20H21N3O4. The second kappa shape index (κ2) is 7.00. The molecule has 1 aromatic heterocycles. The van der Waals surface area contributed by atoms with E-state index < -0.39 is 0 Å². The number of carbonyl (C=O) groups is 2. The number of anilines is 1. The largest absolute Gasteiger partial charge is 0.370 e. The molecule has 2 saturated heterocycles. The number of pyridine rings is 1. The van der Waals surface area contributed by atoms with Crippen LogP contribution in [-0.2, 0) is 16.6 Å². The van der Waals surface area contributed by atoms with Gasteiger partial charge in [-0.1, -0.05) is 24.3 Å². The highest BCUT2D eigenvalue weighted by Gasteiger charge is 2.46. The van der Waals surface area contributed by atoms with Crippen LogP contribution in [0.1, 0.15) is 16.9 Å². The molecule has 2 bridgehead atoms. The van der Waals surface area contributed by atoms with E-state index >= 15 is 0 Å². The quantitative estimate of drug-likeness (QED) is 0.886. The van der Waals surface area contributed by atoms with Gasteiger partial charge in [0.05, 0.1) is 18.1 Å². The Morgan fingerprint density at radius 2 is 1.85 bits per heavy atom. The maximum atomic E-state index is 12.9. The SMILES string of the molecule is Cn1c(C(=O)N2CC3CC(C(=O)Nc4ccccc4)C(C2)O3)cccc1=O. The minimum atomic E-state index is -0.336. The molecule has 3 heterocycles. The number of likely N-dealkylation sites (tertiary alicyclic amines) is 1. The molecule has 2 fully saturated rings. The number of aromatic nitrogens is 1. The third kappa shape index (κ3) is 3.38. The fourth-order valence-electron chi connectivity index (χ4n) is 3.80. The first kappa shape index (κ1) is 17.5. The number of benzene rings is 1. The zero-order valence-electron chi connectivity index (χ0n) is 15.0. The lowest BCUT2D eigenvalue weighted by Gasteiger charge is -2.33. The Morgan fingerprint density at radius 3 is 2.63 bits per heavy atom. The summed E-state index contributed by atoms with van der Waals surface area (Å²) >= 11 is 0. The highest BCUT2D eigenvalue weighted by molar-refractivity contribution is 5.94. The van der Waals surface area contributed by atoms with E-state index in [0.29, 0.717) is 25.2 Å². The van der Waals surface area contributed by atoms with E-state index in [1.54, 1.807) is 24.1 Å². The molecule has 3 unspecified atom stereocenters. The number of nitrogens with one attached hydrogen (secondary N) is 1. The Kier molecular flexibility index (Phi) is 4.53. The number of para-hydroxylation sites is 1. The van der Waals surface area contributed by atoms with Crippen LogP contribution >= 0.6 is 0 Å². The van der Waals surface area contributed by atoms with E-state index in [9.17, 15) is 14.4 Å². The summed E-state index contributed by atoms with van der Waals surface area (Å²) in [5, 5.41) is 2.92. The van der Waals surface area contributed by atoms with E-state index in [1.807, 2.05) is 30.3 Å². The van der Waals surface area contributed by atoms with Crippen LogP contribution < -0.4 is 10.9 Å². The number of hydrogen-bond acceptors (Lipinski definition) is 4. The topological polar surface area (TPSA) is 80.6 Å². The lowest BCUT2D eigenvalue weighted by molar-refractivity contribution is -0.122. The van der Waals surface area contributed by atoms with Crippen molar-refractivity contribution in [1.29, 1.82) is 0 Å². The molecule has 2 aliphatic heterocycles. The second-order valence-corrected chi connectivity index (χ2v) is 7.01. The van der Waals surface area contributed by atoms with E-state index in [0.717, 1.165) is 5.69 Å². The average Bonchev–Trinajstić information content (AvgIpc) is 2.98. The van der Waals surface area contributed by atoms with Crippen molar-refractivity contribution in [1.82, 2.24) is 9.47 Å². The van der Waals surface area contributed by atoms with Gasteiger partial charge in [-0.15, -0.1) is 0 Å². The van der Waals surface area contributed by atoms with Gasteiger partial charge in [0.25, 0.3) is 11.5 Å². The molecular weight excluding hydrogens is 346 g/mol. The van der Waals surface area contributed by atoms with Gasteiger partial charge in [0.1, 0.15) is 5.69 Å². The molecule has 0 radical (unpaired) electrons. The fraction of sp³-hybridized carbons (Fsp3) is 0.350. The van der Waals surface area contributed by atoms with Gasteiger partial charge < -0.3 is 19.5 Å². The van der Waals surface area contributed by atoms with Crippen molar-refractivity contribution in [3.63, 3.8) is 0 Å². The second-order valence-electron chi connectivity index (χ2n) is 7.01. The molecule has 2 aliphatic rings. The number of ether oxygens (including phenoxy) is 1. The van der Waals surface area contributed by atoms with Crippen molar-refractivity contribution in [2.75, 3.05) is 18.4 Å². The molecule has 4 rings (SSSR count). The molecule has 0 saturated carbocycles. The third-order valence-electron chi connectivity index (χ3n) is 5.23. The molecule has 1 N–H and O–H groups in total. The normalized spacial score (nSPS) is 23.9. The Labute approximate surface area is 156 Å². The zero-order chi connectivity index (χ0) is 19.0. The van der Waals surface area contributed by atoms with Crippen LogP contribution in [0.15, 0.2) is 53.3 Å². The number of amides is 2. The average molecular weight is 367 g/mol. The van der Waals surface area contributed by atoms with Gasteiger partial charge in [-0.2, -0.15) is 0 Å². The monoisotopic (exact) mass is 367 g/mol. The first-order valence-electron chi connectivity index (χ1n) is 8.99. The lowest BCUT2D eigenvalue weighted by atomic mass is 9.99. The number of morpholine rings is 1. The van der Waals surface area contributed by atoms with Gasteiger partial charge in [-0.3, -0.25) is 14.4 Å². The number of fused-ring (bicyclic) bond motifs is 2. The van der Waals surface area contributed by atoms with Crippen molar-refractivity contribution in [3.8, 4) is 0 Å². The van der Waals surface area contributed by atoms with Crippen molar-refractivity contribution in [2.45, 2.75) is 18.6 Å². The summed E-state index contributed by atoms with van der Waals surface area (Å²) in [5.74, 6) is -0.597. The minimum Gasteiger partial charge on any atom is -0.370 e. The summed E-state index contributed by atoms with van der Waals surface area (Å²) in [5.41, 5.74) is 0.863. The molecule has 7 heteroatoms. The molecule has 3 atom stereocenters. The molecule has 140 valence electrons. The summed E-state index contributed by atoms with van der Waals surface area (Å²) in [4.78, 5) is 39.0. The first-order valence-corrected chi connectivity index (χ1v) is 8.99. The van der Waals surface area contributed by atoms with Gasteiger partial charge >= 0.3 is 0 Å². The smallest absolute Gasteiger partial charge is 0.270 e. The van der Waals surface area contributed by atoms with Gasteiger partial charge in [-0.25, -0.2) is 0 Å². The summed E-state index contributed by atoms with van der Waals surface area (Å²) in [6.07, 6.45) is 0.0815. The van der Waals surface area contributed by atoms with Crippen LogP contribution in [0.3, 0.4) is 0 Å². The summed E-state index contributed by atoms with van der Waals surface area (Å²) in [6.45, 7) is 0.763. The van der Waals surface area contributed by atoms with Crippen LogP contribution in [0.4, 0.5) is 5.69 Å². The Balaban J connectivity index is 1.47. The Hall–Kier alpha value is -2.93. The molecule has 2 amide bonds. The van der Waals surface area contributed by atoms with E-state index in [-0.39, 0.29) is 35.5 Å². The Morgan fingerprint density at radius 1 is 1.07 bits per heavy atom. The lowest BCUT2D eigenvalue weighted by Crippen LogP contribution is -2.48. The van der Waals surface area contributed by atoms with Gasteiger partial charge in [-0.05, 0) is 24.6 Å². The summed E-state index contributed by atoms with van der Waals surface area (Å²) in [6, 6.07) is 13.9. The predicted molar refractivity (Wildman–Crippen MR) is 99.4 cm³/mol. The first-order chi connectivity index (χ1) is 13.0. The van der Waals surface area contributed by atoms with Crippen molar-refractivity contribution in [2.24, 2.45) is 13.0 Å². The highest BCUT2D eigenvalue weighted by Crippen LogP contribution is 2.33. The fourth-order valence-corrected chi connectivity index (χ4v) is 3.80. The van der Waals surface area contributed by atoms with Gasteiger partial charge in [0.15, 0.2) is 0 Å². The number of nitrogens with zero attached hydrogens (tertiary/aromatic N) is 2. The number of carbonyl (C=O) groups excluding carboxylic acids is 2. The number of hydrogen-bond donors (Lipinski definition) is 1. The van der Waals surface area contributed by atoms with Gasteiger partial charge in [0.2, 0.25) is 5.91 Å². The van der Waals surface area contributed by atoms with Crippen LogP contribution in [-0.4, -0.2) is 46.6 Å². The highest BCUT2D eigenvalue weighted by atomic mass is 16.5. The van der Waals surface area contributed by atoms with Crippen molar-refractivity contribution in [3.05, 3.63) is 64.6 Å². The molecule has 1 aromatic carbocycles. The maximum Gasteiger partial charge on any atom is 0.270 e.